The molecule has 0 spiro atoms. The zero-order chi connectivity index (χ0) is 17.4. The van der Waals surface area contributed by atoms with Crippen LogP contribution >= 0.6 is 0 Å². The van der Waals surface area contributed by atoms with Crippen molar-refractivity contribution in [1.29, 1.82) is 0 Å². The molecule has 2 N–H and O–H groups in total. The van der Waals surface area contributed by atoms with E-state index in [1.807, 2.05) is 31.2 Å². The van der Waals surface area contributed by atoms with Crippen LogP contribution in [0.3, 0.4) is 0 Å². The average molecular weight is 337 g/mol. The fourth-order valence-corrected chi connectivity index (χ4v) is 4.06. The monoisotopic (exact) mass is 337 g/mol. The number of rotatable bonds is 4. The highest BCUT2D eigenvalue weighted by atomic mass is 16.5. The zero-order valence-electron chi connectivity index (χ0n) is 14.5. The Hall–Kier alpha value is -2.62. The van der Waals surface area contributed by atoms with Crippen LogP contribution in [0.4, 0.5) is 5.69 Å². The number of aromatic hydroxyl groups is 1. The van der Waals surface area contributed by atoms with Crippen LogP contribution in [0.1, 0.15) is 36.4 Å². The first-order chi connectivity index (χ1) is 12.2. The summed E-state index contributed by atoms with van der Waals surface area (Å²) >= 11 is 0. The van der Waals surface area contributed by atoms with E-state index in [-0.39, 0.29) is 11.8 Å². The molecule has 1 aliphatic heterocycles. The van der Waals surface area contributed by atoms with Gasteiger partial charge in [-0.3, -0.25) is 0 Å². The molecule has 4 rings (SSSR count). The maximum absolute atomic E-state index is 10.2. The van der Waals surface area contributed by atoms with Gasteiger partial charge in [0.25, 0.3) is 0 Å². The molecule has 130 valence electrons. The summed E-state index contributed by atoms with van der Waals surface area (Å²) in [6.45, 7) is 2.67. The lowest BCUT2D eigenvalue weighted by atomic mass is 9.77. The van der Waals surface area contributed by atoms with Gasteiger partial charge in [-0.05, 0) is 60.7 Å². The summed E-state index contributed by atoms with van der Waals surface area (Å²) < 4.78 is 10.8. The highest BCUT2D eigenvalue weighted by Gasteiger charge is 2.38. The second kappa shape index (κ2) is 6.36. The van der Waals surface area contributed by atoms with Crippen LogP contribution in [0, 0.1) is 5.92 Å². The van der Waals surface area contributed by atoms with Crippen LogP contribution in [-0.4, -0.2) is 18.8 Å². The number of phenols is 1. The Bertz CT molecular complexity index is 815. The Morgan fingerprint density at radius 1 is 1.20 bits per heavy atom. The molecule has 4 heteroatoms. The Balaban J connectivity index is 1.71. The van der Waals surface area contributed by atoms with E-state index in [1.54, 1.807) is 7.11 Å². The minimum Gasteiger partial charge on any atom is -0.504 e. The Labute approximate surface area is 148 Å². The van der Waals surface area contributed by atoms with Gasteiger partial charge in [-0.15, -0.1) is 0 Å². The van der Waals surface area contributed by atoms with E-state index in [0.717, 1.165) is 23.4 Å². The topological polar surface area (TPSA) is 50.7 Å². The van der Waals surface area contributed by atoms with Crippen LogP contribution in [0.25, 0.3) is 0 Å². The number of anilines is 1. The van der Waals surface area contributed by atoms with Crippen molar-refractivity contribution in [2.75, 3.05) is 19.0 Å². The highest BCUT2D eigenvalue weighted by Crippen LogP contribution is 2.51. The van der Waals surface area contributed by atoms with E-state index in [2.05, 4.69) is 29.6 Å². The van der Waals surface area contributed by atoms with Gasteiger partial charge in [0, 0.05) is 11.6 Å². The predicted octanol–water partition coefficient (Wildman–Crippen LogP) is 4.63. The largest absolute Gasteiger partial charge is 0.504 e. The van der Waals surface area contributed by atoms with Crippen molar-refractivity contribution in [3.63, 3.8) is 0 Å². The van der Waals surface area contributed by atoms with E-state index < -0.39 is 0 Å². The lowest BCUT2D eigenvalue weighted by molar-refractivity contribution is 0.338. The van der Waals surface area contributed by atoms with E-state index >= 15 is 0 Å². The standard InChI is InChI=1S/C21H23NO3/c1-3-25-14-8-9-18-17(12-14)15-5-4-6-16(15)21(22-18)13-7-10-20(24-2)19(23)11-13/h4-5,7-12,15-16,21-23H,3,6H2,1-2H3. The van der Waals surface area contributed by atoms with Crippen LogP contribution in [0.5, 0.6) is 17.2 Å². The zero-order valence-corrected chi connectivity index (χ0v) is 14.5. The number of phenolic OH excluding ortho intramolecular Hbond substituents is 1. The predicted molar refractivity (Wildman–Crippen MR) is 98.6 cm³/mol. The molecule has 0 fully saturated rings. The maximum Gasteiger partial charge on any atom is 0.160 e. The third-order valence-electron chi connectivity index (χ3n) is 5.21. The smallest absolute Gasteiger partial charge is 0.160 e. The SMILES string of the molecule is CCOc1ccc2c(c1)C1C=CCC1C(c1ccc(OC)c(O)c1)N2. The average Bonchev–Trinajstić information content (AvgIpc) is 3.11. The maximum atomic E-state index is 10.2. The first-order valence-corrected chi connectivity index (χ1v) is 8.78. The van der Waals surface area contributed by atoms with E-state index in [1.165, 1.54) is 5.56 Å². The fourth-order valence-electron chi connectivity index (χ4n) is 4.06. The third kappa shape index (κ3) is 2.72. The Morgan fingerprint density at radius 2 is 2.08 bits per heavy atom. The summed E-state index contributed by atoms with van der Waals surface area (Å²) in [5, 5.41) is 13.8. The molecule has 0 aromatic heterocycles. The van der Waals surface area contributed by atoms with Crippen LogP contribution in [-0.2, 0) is 0 Å². The third-order valence-corrected chi connectivity index (χ3v) is 5.21. The van der Waals surface area contributed by atoms with Gasteiger partial charge < -0.3 is 19.9 Å². The molecule has 0 bridgehead atoms. The van der Waals surface area contributed by atoms with Crippen LogP contribution in [0.15, 0.2) is 48.6 Å². The van der Waals surface area contributed by atoms with Crippen molar-refractivity contribution >= 4 is 5.69 Å². The van der Waals surface area contributed by atoms with Gasteiger partial charge in [-0.1, -0.05) is 18.2 Å². The van der Waals surface area contributed by atoms with E-state index in [9.17, 15) is 5.11 Å². The van der Waals surface area contributed by atoms with Gasteiger partial charge in [0.15, 0.2) is 11.5 Å². The molecule has 0 radical (unpaired) electrons. The van der Waals surface area contributed by atoms with Gasteiger partial charge >= 0.3 is 0 Å². The number of ether oxygens (including phenoxy) is 2. The number of fused-ring (bicyclic) bond motifs is 3. The van der Waals surface area contributed by atoms with Gasteiger partial charge in [0.1, 0.15) is 5.75 Å². The first-order valence-electron chi connectivity index (χ1n) is 8.78. The molecule has 25 heavy (non-hydrogen) atoms. The number of benzene rings is 2. The van der Waals surface area contributed by atoms with Crippen molar-refractivity contribution in [1.82, 2.24) is 0 Å². The summed E-state index contributed by atoms with van der Waals surface area (Å²) in [6, 6.07) is 12.1. The normalized spacial score (nSPS) is 23.5. The molecule has 2 aromatic carbocycles. The van der Waals surface area contributed by atoms with E-state index in [4.69, 9.17) is 9.47 Å². The van der Waals surface area contributed by atoms with Crippen molar-refractivity contribution in [3.05, 3.63) is 59.7 Å². The second-order valence-corrected chi connectivity index (χ2v) is 6.59. The number of nitrogens with one attached hydrogen (secondary N) is 1. The molecule has 2 aliphatic rings. The summed E-state index contributed by atoms with van der Waals surface area (Å²) in [6.07, 6.45) is 5.58. The number of methoxy groups -OCH3 is 1. The Morgan fingerprint density at radius 3 is 2.84 bits per heavy atom. The summed E-state index contributed by atoms with van der Waals surface area (Å²) in [5.41, 5.74) is 3.51. The van der Waals surface area contributed by atoms with Crippen molar-refractivity contribution in [3.8, 4) is 17.2 Å². The Kier molecular flexibility index (Phi) is 4.04. The molecule has 3 unspecified atom stereocenters. The molecular weight excluding hydrogens is 314 g/mol. The quantitative estimate of drug-likeness (QED) is 0.799. The first kappa shape index (κ1) is 15.9. The summed E-state index contributed by atoms with van der Waals surface area (Å²) in [4.78, 5) is 0. The lowest BCUT2D eigenvalue weighted by Crippen LogP contribution is -2.29. The molecule has 1 heterocycles. The second-order valence-electron chi connectivity index (χ2n) is 6.59. The summed E-state index contributed by atoms with van der Waals surface area (Å²) in [7, 11) is 1.57. The minimum atomic E-state index is 0.155. The van der Waals surface area contributed by atoms with Crippen molar-refractivity contribution < 1.29 is 14.6 Å². The molecule has 4 nitrogen and oxygen atoms in total. The fraction of sp³-hybridized carbons (Fsp3) is 0.333. The van der Waals surface area contributed by atoms with Gasteiger partial charge in [-0.25, -0.2) is 0 Å². The van der Waals surface area contributed by atoms with Crippen LogP contribution in [0.2, 0.25) is 0 Å². The molecule has 2 aromatic rings. The molecule has 0 amide bonds. The van der Waals surface area contributed by atoms with Gasteiger partial charge in [0.05, 0.1) is 19.8 Å². The molecule has 3 atom stereocenters. The number of hydrogen-bond donors (Lipinski definition) is 2. The molecular formula is C21H23NO3. The minimum absolute atomic E-state index is 0.155. The van der Waals surface area contributed by atoms with Crippen molar-refractivity contribution in [2.24, 2.45) is 5.92 Å². The van der Waals surface area contributed by atoms with Crippen molar-refractivity contribution in [2.45, 2.75) is 25.3 Å². The molecule has 1 aliphatic carbocycles. The summed E-state index contributed by atoms with van der Waals surface area (Å²) in [5.74, 6) is 2.40. The lowest BCUT2D eigenvalue weighted by Gasteiger charge is -2.37. The van der Waals surface area contributed by atoms with Crippen LogP contribution < -0.4 is 14.8 Å². The highest BCUT2D eigenvalue weighted by molar-refractivity contribution is 5.62. The molecule has 0 saturated heterocycles. The number of allylic oxidation sites excluding steroid dienone is 2. The van der Waals surface area contributed by atoms with Gasteiger partial charge in [0.2, 0.25) is 0 Å². The molecule has 0 saturated carbocycles. The number of hydrogen-bond acceptors (Lipinski definition) is 4. The van der Waals surface area contributed by atoms with E-state index in [0.29, 0.717) is 24.2 Å². The van der Waals surface area contributed by atoms with Gasteiger partial charge in [-0.2, -0.15) is 0 Å².